The van der Waals surface area contributed by atoms with E-state index in [0.717, 1.165) is 0 Å². The maximum atomic E-state index is 12.8. The topological polar surface area (TPSA) is 105 Å². The first-order valence-electron chi connectivity index (χ1n) is 9.49. The highest BCUT2D eigenvalue weighted by Crippen LogP contribution is 2.19. The Kier molecular flexibility index (Phi) is 6.26. The van der Waals surface area contributed by atoms with E-state index in [1.54, 1.807) is 38.1 Å². The Labute approximate surface area is 174 Å². The molecule has 2 aromatic carbocycles. The minimum Gasteiger partial charge on any atom is -0.355 e. The molecule has 1 aromatic heterocycles. The van der Waals surface area contributed by atoms with Crippen molar-refractivity contribution in [3.63, 3.8) is 0 Å². The number of benzene rings is 2. The predicted octanol–water partition coefficient (Wildman–Crippen LogP) is 3.08. The van der Waals surface area contributed by atoms with Crippen LogP contribution in [-0.4, -0.2) is 34.5 Å². The zero-order valence-electron chi connectivity index (χ0n) is 17.0. The first-order valence-corrected chi connectivity index (χ1v) is 9.49. The molecule has 3 N–H and O–H groups in total. The molecule has 0 aliphatic carbocycles. The van der Waals surface area contributed by atoms with Gasteiger partial charge in [-0.05, 0) is 30.3 Å². The molecule has 0 aliphatic rings. The molecule has 154 valence electrons. The number of para-hydroxylation sites is 1. The lowest BCUT2D eigenvalue weighted by molar-refractivity contribution is -0.118. The van der Waals surface area contributed by atoms with Gasteiger partial charge in [0.25, 0.3) is 11.8 Å². The number of hydrogen-bond donors (Lipinski definition) is 3. The summed E-state index contributed by atoms with van der Waals surface area (Å²) in [6.45, 7) is 3.57. The molecule has 3 aromatic rings. The van der Waals surface area contributed by atoms with Gasteiger partial charge in [-0.1, -0.05) is 38.1 Å². The number of carbonyl (C=O) groups excluding carboxylic acids is 3. The highest BCUT2D eigenvalue weighted by molar-refractivity contribution is 6.05. The number of nitrogens with one attached hydrogen (secondary N) is 3. The number of aromatic nitrogens is 2. The van der Waals surface area contributed by atoms with Gasteiger partial charge in [0, 0.05) is 30.3 Å². The summed E-state index contributed by atoms with van der Waals surface area (Å²) in [7, 11) is 1.54. The van der Waals surface area contributed by atoms with E-state index in [1.165, 1.54) is 17.8 Å². The Morgan fingerprint density at radius 2 is 1.63 bits per heavy atom. The van der Waals surface area contributed by atoms with E-state index in [4.69, 9.17) is 0 Å². The second-order valence-electron chi connectivity index (χ2n) is 6.92. The van der Waals surface area contributed by atoms with E-state index in [-0.39, 0.29) is 23.4 Å². The SMILES string of the molecule is CNC(=O)c1cccc(NC(=O)c2cc(NC(=O)C(C)C)n(-c3ccccc3)n2)c1. The van der Waals surface area contributed by atoms with Crippen molar-refractivity contribution >= 4 is 29.2 Å². The third-order valence-corrected chi connectivity index (χ3v) is 4.33. The van der Waals surface area contributed by atoms with Crippen LogP contribution < -0.4 is 16.0 Å². The van der Waals surface area contributed by atoms with Crippen LogP contribution in [0.1, 0.15) is 34.7 Å². The van der Waals surface area contributed by atoms with E-state index in [2.05, 4.69) is 21.0 Å². The number of carbonyl (C=O) groups is 3. The summed E-state index contributed by atoms with van der Waals surface area (Å²) in [6.07, 6.45) is 0. The summed E-state index contributed by atoms with van der Waals surface area (Å²) < 4.78 is 1.51. The second-order valence-corrected chi connectivity index (χ2v) is 6.92. The van der Waals surface area contributed by atoms with Crippen LogP contribution in [0.3, 0.4) is 0 Å². The molecule has 0 radical (unpaired) electrons. The molecule has 1 heterocycles. The van der Waals surface area contributed by atoms with Crippen molar-refractivity contribution in [1.29, 1.82) is 0 Å². The van der Waals surface area contributed by atoms with Crippen LogP contribution in [0.15, 0.2) is 60.7 Å². The van der Waals surface area contributed by atoms with Gasteiger partial charge in [-0.2, -0.15) is 5.10 Å². The van der Waals surface area contributed by atoms with Crippen LogP contribution in [0.2, 0.25) is 0 Å². The van der Waals surface area contributed by atoms with Crippen LogP contribution in [0.25, 0.3) is 5.69 Å². The summed E-state index contributed by atoms with van der Waals surface area (Å²) in [5, 5.41) is 12.5. The summed E-state index contributed by atoms with van der Waals surface area (Å²) in [6, 6.07) is 17.3. The van der Waals surface area contributed by atoms with E-state index in [0.29, 0.717) is 22.8 Å². The number of hydrogen-bond acceptors (Lipinski definition) is 4. The molecule has 0 unspecified atom stereocenters. The van der Waals surface area contributed by atoms with E-state index >= 15 is 0 Å². The standard InChI is InChI=1S/C22H23N5O3/c1-14(2)20(28)25-19-13-18(26-27(19)17-10-5-4-6-11-17)22(30)24-16-9-7-8-15(12-16)21(29)23-3/h4-14H,1-3H3,(H,23,29)(H,24,30)(H,25,28). The van der Waals surface area contributed by atoms with Crippen LogP contribution in [0.4, 0.5) is 11.5 Å². The van der Waals surface area contributed by atoms with Gasteiger partial charge in [0.05, 0.1) is 5.69 Å². The zero-order chi connectivity index (χ0) is 21.7. The fourth-order valence-electron chi connectivity index (χ4n) is 2.70. The summed E-state index contributed by atoms with van der Waals surface area (Å²) in [5.74, 6) is -0.729. The highest BCUT2D eigenvalue weighted by atomic mass is 16.2. The molecule has 0 spiro atoms. The number of rotatable bonds is 6. The lowest BCUT2D eigenvalue weighted by Gasteiger charge is -2.10. The van der Waals surface area contributed by atoms with Crippen molar-refractivity contribution in [1.82, 2.24) is 15.1 Å². The van der Waals surface area contributed by atoms with Crippen molar-refractivity contribution in [2.24, 2.45) is 5.92 Å². The average Bonchev–Trinajstić information content (AvgIpc) is 3.17. The summed E-state index contributed by atoms with van der Waals surface area (Å²) in [5.41, 5.74) is 1.72. The van der Waals surface area contributed by atoms with Crippen molar-refractivity contribution in [2.45, 2.75) is 13.8 Å². The summed E-state index contributed by atoms with van der Waals surface area (Å²) >= 11 is 0. The molecule has 3 rings (SSSR count). The molecular weight excluding hydrogens is 382 g/mol. The maximum absolute atomic E-state index is 12.8. The molecule has 0 fully saturated rings. The zero-order valence-corrected chi connectivity index (χ0v) is 17.0. The Bertz CT molecular complexity index is 1070. The van der Waals surface area contributed by atoms with Crippen LogP contribution in [0, 0.1) is 5.92 Å². The molecule has 0 saturated heterocycles. The Hall–Kier alpha value is -3.94. The Morgan fingerprint density at radius 1 is 0.900 bits per heavy atom. The molecule has 0 bridgehead atoms. The van der Waals surface area contributed by atoms with Gasteiger partial charge in [0.1, 0.15) is 5.82 Å². The average molecular weight is 405 g/mol. The molecule has 8 nitrogen and oxygen atoms in total. The van der Waals surface area contributed by atoms with E-state index in [1.807, 2.05) is 30.3 Å². The molecule has 0 aliphatic heterocycles. The lowest BCUT2D eigenvalue weighted by Crippen LogP contribution is -2.19. The van der Waals surface area contributed by atoms with E-state index < -0.39 is 5.91 Å². The number of anilines is 2. The normalized spacial score (nSPS) is 10.5. The van der Waals surface area contributed by atoms with Gasteiger partial charge < -0.3 is 16.0 Å². The molecular formula is C22H23N5O3. The highest BCUT2D eigenvalue weighted by Gasteiger charge is 2.18. The predicted molar refractivity (Wildman–Crippen MR) is 115 cm³/mol. The minimum atomic E-state index is -0.459. The van der Waals surface area contributed by atoms with Crippen molar-refractivity contribution in [2.75, 3.05) is 17.7 Å². The molecule has 0 saturated carbocycles. The monoisotopic (exact) mass is 405 g/mol. The molecule has 30 heavy (non-hydrogen) atoms. The van der Waals surface area contributed by atoms with Crippen LogP contribution in [-0.2, 0) is 4.79 Å². The van der Waals surface area contributed by atoms with Gasteiger partial charge in [0.15, 0.2) is 5.69 Å². The van der Waals surface area contributed by atoms with Gasteiger partial charge in [-0.15, -0.1) is 0 Å². The first kappa shape index (κ1) is 20.8. The second kappa shape index (κ2) is 9.04. The molecule has 8 heteroatoms. The van der Waals surface area contributed by atoms with Gasteiger partial charge in [-0.25, -0.2) is 4.68 Å². The third-order valence-electron chi connectivity index (χ3n) is 4.33. The minimum absolute atomic E-state index is 0.128. The van der Waals surface area contributed by atoms with Crippen molar-refractivity contribution < 1.29 is 14.4 Å². The molecule has 0 atom stereocenters. The van der Waals surface area contributed by atoms with E-state index in [9.17, 15) is 14.4 Å². The van der Waals surface area contributed by atoms with Crippen LogP contribution in [0.5, 0.6) is 0 Å². The smallest absolute Gasteiger partial charge is 0.276 e. The largest absolute Gasteiger partial charge is 0.355 e. The maximum Gasteiger partial charge on any atom is 0.276 e. The lowest BCUT2D eigenvalue weighted by atomic mass is 10.2. The first-order chi connectivity index (χ1) is 14.4. The number of amides is 3. The van der Waals surface area contributed by atoms with Gasteiger partial charge in [-0.3, -0.25) is 14.4 Å². The van der Waals surface area contributed by atoms with Gasteiger partial charge >= 0.3 is 0 Å². The Morgan fingerprint density at radius 3 is 2.30 bits per heavy atom. The Balaban J connectivity index is 1.90. The fourth-order valence-corrected chi connectivity index (χ4v) is 2.70. The van der Waals surface area contributed by atoms with Crippen molar-refractivity contribution in [3.05, 3.63) is 71.9 Å². The number of nitrogens with zero attached hydrogens (tertiary/aromatic N) is 2. The fraction of sp³-hybridized carbons (Fsp3) is 0.182. The molecule has 3 amide bonds. The van der Waals surface area contributed by atoms with Crippen LogP contribution >= 0.6 is 0 Å². The third kappa shape index (κ3) is 4.72. The summed E-state index contributed by atoms with van der Waals surface area (Å²) in [4.78, 5) is 36.8. The van der Waals surface area contributed by atoms with Crippen molar-refractivity contribution in [3.8, 4) is 5.69 Å². The van der Waals surface area contributed by atoms with Gasteiger partial charge in [0.2, 0.25) is 5.91 Å². The quantitative estimate of drug-likeness (QED) is 0.586.